The van der Waals surface area contributed by atoms with Crippen LogP contribution in [0.1, 0.15) is 23.3 Å². The normalized spacial score (nSPS) is 15.8. The number of thiophene rings is 1. The molecule has 1 aromatic heterocycles. The van der Waals surface area contributed by atoms with E-state index >= 15 is 0 Å². The van der Waals surface area contributed by atoms with Gasteiger partial charge in [0.15, 0.2) is 5.96 Å². The lowest BCUT2D eigenvalue weighted by molar-refractivity contribution is 0.646. The van der Waals surface area contributed by atoms with Crippen molar-refractivity contribution in [3.8, 4) is 0 Å². The van der Waals surface area contributed by atoms with E-state index in [4.69, 9.17) is 0 Å². The largest absolute Gasteiger partial charge is 0.356 e. The van der Waals surface area contributed by atoms with Gasteiger partial charge in [-0.3, -0.25) is 4.99 Å². The second-order valence-corrected chi connectivity index (χ2v) is 6.54. The van der Waals surface area contributed by atoms with E-state index in [1.165, 1.54) is 23.3 Å². The van der Waals surface area contributed by atoms with Gasteiger partial charge in [-0.1, -0.05) is 36.4 Å². The Kier molecular flexibility index (Phi) is 6.26. The summed E-state index contributed by atoms with van der Waals surface area (Å²) in [6.07, 6.45) is 2.51. The summed E-state index contributed by atoms with van der Waals surface area (Å²) in [6.45, 7) is 1.77. The Balaban J connectivity index is 0.00000176. The van der Waals surface area contributed by atoms with Gasteiger partial charge in [0.1, 0.15) is 0 Å². The SMILES string of the molecule is CN=C(NCc1cccs1)NCC1(c2ccccc2)CC1.I. The zero-order chi connectivity index (χ0) is 14.5. The molecule has 5 heteroatoms. The molecule has 0 saturated heterocycles. The highest BCUT2D eigenvalue weighted by Gasteiger charge is 2.43. The summed E-state index contributed by atoms with van der Waals surface area (Å²) < 4.78 is 0. The molecule has 0 amide bonds. The Morgan fingerprint density at radius 2 is 1.91 bits per heavy atom. The van der Waals surface area contributed by atoms with Crippen LogP contribution in [0, 0.1) is 0 Å². The molecule has 2 aromatic rings. The second kappa shape index (κ2) is 7.97. The van der Waals surface area contributed by atoms with Crippen LogP contribution in [0.2, 0.25) is 0 Å². The molecule has 0 bridgehead atoms. The lowest BCUT2D eigenvalue weighted by Gasteiger charge is -2.18. The molecule has 3 rings (SSSR count). The number of nitrogens with one attached hydrogen (secondary N) is 2. The number of rotatable bonds is 5. The molecular formula is C17H22IN3S. The van der Waals surface area contributed by atoms with Gasteiger partial charge in [0.05, 0.1) is 6.54 Å². The van der Waals surface area contributed by atoms with E-state index in [2.05, 4.69) is 63.5 Å². The fourth-order valence-corrected chi connectivity index (χ4v) is 3.21. The van der Waals surface area contributed by atoms with Gasteiger partial charge in [-0.05, 0) is 29.9 Å². The minimum atomic E-state index is 0. The Morgan fingerprint density at radius 3 is 2.50 bits per heavy atom. The van der Waals surface area contributed by atoms with Crippen molar-refractivity contribution in [1.82, 2.24) is 10.6 Å². The van der Waals surface area contributed by atoms with Gasteiger partial charge in [-0.2, -0.15) is 0 Å². The van der Waals surface area contributed by atoms with Gasteiger partial charge in [0.25, 0.3) is 0 Å². The third-order valence-electron chi connectivity index (χ3n) is 4.07. The van der Waals surface area contributed by atoms with E-state index in [1.54, 1.807) is 11.3 Å². The first-order valence-electron chi connectivity index (χ1n) is 7.35. The number of hydrogen-bond donors (Lipinski definition) is 2. The molecule has 0 unspecified atom stereocenters. The van der Waals surface area contributed by atoms with Crippen molar-refractivity contribution in [2.45, 2.75) is 24.8 Å². The van der Waals surface area contributed by atoms with Crippen molar-refractivity contribution in [3.05, 3.63) is 58.3 Å². The van der Waals surface area contributed by atoms with Crippen LogP contribution in [-0.4, -0.2) is 19.6 Å². The van der Waals surface area contributed by atoms with Crippen LogP contribution in [0.15, 0.2) is 52.8 Å². The van der Waals surface area contributed by atoms with Crippen LogP contribution in [0.5, 0.6) is 0 Å². The molecule has 2 N–H and O–H groups in total. The molecule has 3 nitrogen and oxygen atoms in total. The van der Waals surface area contributed by atoms with Crippen molar-refractivity contribution < 1.29 is 0 Å². The quantitative estimate of drug-likeness (QED) is 0.433. The van der Waals surface area contributed by atoms with Gasteiger partial charge in [0.2, 0.25) is 0 Å². The fraction of sp³-hybridized carbons (Fsp3) is 0.353. The summed E-state index contributed by atoms with van der Waals surface area (Å²) >= 11 is 1.76. The highest BCUT2D eigenvalue weighted by molar-refractivity contribution is 14.0. The minimum Gasteiger partial charge on any atom is -0.356 e. The minimum absolute atomic E-state index is 0. The van der Waals surface area contributed by atoms with Gasteiger partial charge < -0.3 is 10.6 Å². The molecule has 0 aliphatic heterocycles. The standard InChI is InChI=1S/C17H21N3S.HI/c1-18-16(19-12-15-8-5-11-21-15)20-13-17(9-10-17)14-6-3-2-4-7-14;/h2-8,11H,9-10,12-13H2,1H3,(H2,18,19,20);1H. The maximum Gasteiger partial charge on any atom is 0.191 e. The summed E-state index contributed by atoms with van der Waals surface area (Å²) in [5, 5.41) is 8.95. The highest BCUT2D eigenvalue weighted by Crippen LogP contribution is 2.47. The van der Waals surface area contributed by atoms with Gasteiger partial charge >= 0.3 is 0 Å². The summed E-state index contributed by atoms with van der Waals surface area (Å²) in [5.74, 6) is 0.880. The first-order chi connectivity index (χ1) is 10.3. The van der Waals surface area contributed by atoms with E-state index in [0.29, 0.717) is 5.41 Å². The maximum atomic E-state index is 4.31. The predicted octanol–water partition coefficient (Wildman–Crippen LogP) is 3.76. The lowest BCUT2D eigenvalue weighted by atomic mass is 9.96. The Morgan fingerprint density at radius 1 is 1.14 bits per heavy atom. The van der Waals surface area contributed by atoms with Gasteiger partial charge in [0, 0.05) is 23.9 Å². The smallest absolute Gasteiger partial charge is 0.191 e. The Hall–Kier alpha value is -1.08. The highest BCUT2D eigenvalue weighted by atomic mass is 127. The van der Waals surface area contributed by atoms with E-state index in [1.807, 2.05) is 7.05 Å². The molecule has 118 valence electrons. The van der Waals surface area contributed by atoms with Crippen molar-refractivity contribution in [3.63, 3.8) is 0 Å². The average Bonchev–Trinajstić information content (AvgIpc) is 3.15. The number of benzene rings is 1. The van der Waals surface area contributed by atoms with Crippen LogP contribution < -0.4 is 10.6 Å². The van der Waals surface area contributed by atoms with Crippen LogP contribution in [-0.2, 0) is 12.0 Å². The Bertz CT molecular complexity index is 592. The summed E-state index contributed by atoms with van der Waals surface area (Å²) in [4.78, 5) is 5.63. The molecule has 0 atom stereocenters. The van der Waals surface area contributed by atoms with E-state index < -0.39 is 0 Å². The monoisotopic (exact) mass is 427 g/mol. The molecule has 22 heavy (non-hydrogen) atoms. The van der Waals surface area contributed by atoms with E-state index in [0.717, 1.165) is 19.0 Å². The van der Waals surface area contributed by atoms with E-state index in [-0.39, 0.29) is 24.0 Å². The molecule has 1 aromatic carbocycles. The van der Waals surface area contributed by atoms with Crippen LogP contribution in [0.3, 0.4) is 0 Å². The summed E-state index contributed by atoms with van der Waals surface area (Å²) in [5.41, 5.74) is 1.74. The van der Waals surface area contributed by atoms with Crippen LogP contribution in [0.4, 0.5) is 0 Å². The fourth-order valence-electron chi connectivity index (χ4n) is 2.57. The molecule has 0 spiro atoms. The molecule has 1 aliphatic carbocycles. The number of aliphatic imine (C=N–C) groups is 1. The predicted molar refractivity (Wildman–Crippen MR) is 105 cm³/mol. The number of halogens is 1. The molecule has 1 saturated carbocycles. The topological polar surface area (TPSA) is 36.4 Å². The zero-order valence-corrected chi connectivity index (χ0v) is 15.9. The Labute approximate surface area is 153 Å². The van der Waals surface area contributed by atoms with E-state index in [9.17, 15) is 0 Å². The third kappa shape index (κ3) is 4.23. The summed E-state index contributed by atoms with van der Waals surface area (Å²) in [7, 11) is 1.83. The van der Waals surface area contributed by atoms with Crippen molar-refractivity contribution in [1.29, 1.82) is 0 Å². The van der Waals surface area contributed by atoms with Gasteiger partial charge in [-0.15, -0.1) is 35.3 Å². The van der Waals surface area contributed by atoms with Gasteiger partial charge in [-0.25, -0.2) is 0 Å². The molecule has 1 heterocycles. The molecule has 0 radical (unpaired) electrons. The third-order valence-corrected chi connectivity index (χ3v) is 4.94. The van der Waals surface area contributed by atoms with Crippen LogP contribution >= 0.6 is 35.3 Å². The molecule has 1 aliphatic rings. The first kappa shape index (κ1) is 17.3. The first-order valence-corrected chi connectivity index (χ1v) is 8.23. The zero-order valence-electron chi connectivity index (χ0n) is 12.7. The number of hydrogen-bond acceptors (Lipinski definition) is 2. The van der Waals surface area contributed by atoms with Crippen LogP contribution in [0.25, 0.3) is 0 Å². The average molecular weight is 427 g/mol. The molecule has 1 fully saturated rings. The number of guanidine groups is 1. The lowest BCUT2D eigenvalue weighted by Crippen LogP contribution is -2.40. The van der Waals surface area contributed by atoms with Crippen molar-refractivity contribution in [2.24, 2.45) is 4.99 Å². The second-order valence-electron chi connectivity index (χ2n) is 5.51. The van der Waals surface area contributed by atoms with Crippen molar-refractivity contribution >= 4 is 41.3 Å². The maximum absolute atomic E-state index is 4.31. The summed E-state index contributed by atoms with van der Waals surface area (Å²) in [6, 6.07) is 15.0. The molecular weight excluding hydrogens is 405 g/mol. The number of nitrogens with zero attached hydrogens (tertiary/aromatic N) is 1. The van der Waals surface area contributed by atoms with Crippen molar-refractivity contribution in [2.75, 3.05) is 13.6 Å².